The number of hydrogen-bond acceptors (Lipinski definition) is 3. The van der Waals surface area contributed by atoms with Gasteiger partial charge in [0.15, 0.2) is 0 Å². The number of benzene rings is 1. The molecule has 0 amide bonds. The second-order valence-corrected chi connectivity index (χ2v) is 4.01. The number of halogens is 3. The molecule has 1 heterocycles. The third kappa shape index (κ3) is 3.49. The molecule has 4 nitrogen and oxygen atoms in total. The van der Waals surface area contributed by atoms with Crippen molar-refractivity contribution in [3.63, 3.8) is 0 Å². The van der Waals surface area contributed by atoms with Crippen molar-refractivity contribution in [1.82, 2.24) is 9.55 Å². The van der Waals surface area contributed by atoms with Crippen LogP contribution in [-0.2, 0) is 13.0 Å². The predicted molar refractivity (Wildman–Crippen MR) is 79.1 cm³/mol. The van der Waals surface area contributed by atoms with E-state index in [0.29, 0.717) is 24.5 Å². The van der Waals surface area contributed by atoms with E-state index >= 15 is 0 Å². The third-order valence-electron chi connectivity index (χ3n) is 2.48. The van der Waals surface area contributed by atoms with Gasteiger partial charge in [-0.15, -0.1) is 24.8 Å². The van der Waals surface area contributed by atoms with Crippen LogP contribution in [0.2, 0.25) is 5.02 Å². The summed E-state index contributed by atoms with van der Waals surface area (Å²) < 4.78 is 1.97. The van der Waals surface area contributed by atoms with Gasteiger partial charge in [0.1, 0.15) is 5.82 Å². The normalized spacial score (nSPS) is 9.94. The van der Waals surface area contributed by atoms with Gasteiger partial charge in [-0.25, -0.2) is 4.98 Å². The number of rotatable bonds is 4. The van der Waals surface area contributed by atoms with Crippen molar-refractivity contribution >= 4 is 47.4 Å². The first-order valence-electron chi connectivity index (χ1n) is 5.22. The summed E-state index contributed by atoms with van der Waals surface area (Å²) in [5.41, 5.74) is 7.37. The molecule has 0 unspecified atom stereocenters. The Morgan fingerprint density at radius 2 is 2.06 bits per heavy atom. The first kappa shape index (κ1) is 17.5. The quantitative estimate of drug-likeness (QED) is 0.908. The molecule has 0 atom stereocenters. The molecule has 2 rings (SSSR count). The fourth-order valence-electron chi connectivity index (χ4n) is 1.82. The summed E-state index contributed by atoms with van der Waals surface area (Å²) in [6, 6.07) is 5.55. The Labute approximate surface area is 123 Å². The number of fused-ring (bicyclic) bond motifs is 1. The Kier molecular flexibility index (Phi) is 7.59. The lowest BCUT2D eigenvalue weighted by atomic mass is 10.3. The van der Waals surface area contributed by atoms with E-state index in [9.17, 15) is 0 Å². The summed E-state index contributed by atoms with van der Waals surface area (Å²) in [6.45, 7) is 1.14. The molecule has 1 aromatic carbocycles. The number of imidazole rings is 1. The van der Waals surface area contributed by atoms with E-state index in [1.165, 1.54) is 0 Å². The smallest absolute Gasteiger partial charge is 0.111 e. The molecule has 0 fully saturated rings. The van der Waals surface area contributed by atoms with E-state index in [2.05, 4.69) is 4.98 Å². The Bertz CT molecular complexity index is 501. The molecule has 7 heteroatoms. The Morgan fingerprint density at radius 3 is 2.67 bits per heavy atom. The lowest BCUT2D eigenvalue weighted by molar-refractivity contribution is 0.276. The van der Waals surface area contributed by atoms with Crippen LogP contribution in [0.1, 0.15) is 5.82 Å². The molecule has 0 saturated heterocycles. The molecule has 1 aromatic heterocycles. The van der Waals surface area contributed by atoms with Crippen LogP contribution in [0, 0.1) is 0 Å². The molecule has 0 aliphatic heterocycles. The maximum atomic E-state index is 9.05. The fraction of sp³-hybridized carbons (Fsp3) is 0.364. The minimum Gasteiger partial charge on any atom is -0.395 e. The van der Waals surface area contributed by atoms with Crippen molar-refractivity contribution in [3.8, 4) is 0 Å². The number of hydrogen-bond donors (Lipinski definition) is 2. The Hall–Kier alpha value is -0.520. The van der Waals surface area contributed by atoms with Gasteiger partial charge in [-0.05, 0) is 24.7 Å². The van der Waals surface area contributed by atoms with Crippen LogP contribution >= 0.6 is 36.4 Å². The second-order valence-electron chi connectivity index (χ2n) is 3.57. The van der Waals surface area contributed by atoms with Gasteiger partial charge in [0.2, 0.25) is 0 Å². The highest BCUT2D eigenvalue weighted by molar-refractivity contribution is 6.31. The van der Waals surface area contributed by atoms with Crippen LogP contribution in [0.5, 0.6) is 0 Å². The number of nitrogens with two attached hydrogens (primary N) is 1. The SMILES string of the molecule is Cl.Cl.NCCc1nc2ccc(Cl)cc2n1CCO. The van der Waals surface area contributed by atoms with E-state index in [1.807, 2.05) is 22.8 Å². The zero-order chi connectivity index (χ0) is 11.5. The summed E-state index contributed by atoms with van der Waals surface area (Å²) >= 11 is 5.95. The van der Waals surface area contributed by atoms with E-state index in [1.54, 1.807) is 0 Å². The molecule has 3 N–H and O–H groups in total. The Morgan fingerprint density at radius 1 is 1.33 bits per heavy atom. The molecule has 0 radical (unpaired) electrons. The molecule has 0 bridgehead atoms. The van der Waals surface area contributed by atoms with Crippen LogP contribution in [0.3, 0.4) is 0 Å². The van der Waals surface area contributed by atoms with Gasteiger partial charge >= 0.3 is 0 Å². The maximum Gasteiger partial charge on any atom is 0.111 e. The van der Waals surface area contributed by atoms with Gasteiger partial charge in [0, 0.05) is 18.0 Å². The largest absolute Gasteiger partial charge is 0.395 e. The summed E-state index contributed by atoms with van der Waals surface area (Å²) in [4.78, 5) is 4.48. The maximum absolute atomic E-state index is 9.05. The first-order valence-corrected chi connectivity index (χ1v) is 5.59. The summed E-state index contributed by atoms with van der Waals surface area (Å²) in [5, 5.41) is 9.72. The average molecular weight is 313 g/mol. The number of aromatic nitrogens is 2. The highest BCUT2D eigenvalue weighted by atomic mass is 35.5. The van der Waals surface area contributed by atoms with Gasteiger partial charge in [0.25, 0.3) is 0 Å². The van der Waals surface area contributed by atoms with Gasteiger partial charge in [-0.2, -0.15) is 0 Å². The van der Waals surface area contributed by atoms with Crippen LogP contribution < -0.4 is 5.73 Å². The van der Waals surface area contributed by atoms with Crippen LogP contribution in [0.15, 0.2) is 18.2 Å². The minimum absolute atomic E-state index is 0. The zero-order valence-corrected chi connectivity index (χ0v) is 12.1. The molecule has 0 saturated carbocycles. The summed E-state index contributed by atoms with van der Waals surface area (Å²) in [5.74, 6) is 0.897. The van der Waals surface area contributed by atoms with Gasteiger partial charge < -0.3 is 15.4 Å². The van der Waals surface area contributed by atoms with Crippen LogP contribution in [0.25, 0.3) is 11.0 Å². The minimum atomic E-state index is 0. The first-order chi connectivity index (χ1) is 7.76. The highest BCUT2D eigenvalue weighted by Crippen LogP contribution is 2.20. The van der Waals surface area contributed by atoms with Gasteiger partial charge in [-0.3, -0.25) is 0 Å². The molecule has 102 valence electrons. The van der Waals surface area contributed by atoms with Crippen LogP contribution in [-0.4, -0.2) is 27.8 Å². The fourth-order valence-corrected chi connectivity index (χ4v) is 1.98. The second kappa shape index (κ2) is 7.81. The Balaban J connectivity index is 0.00000144. The van der Waals surface area contributed by atoms with E-state index in [-0.39, 0.29) is 31.4 Å². The van der Waals surface area contributed by atoms with Crippen molar-refractivity contribution in [2.24, 2.45) is 5.73 Å². The lowest BCUT2D eigenvalue weighted by Gasteiger charge is -2.06. The molecule has 18 heavy (non-hydrogen) atoms. The number of aliphatic hydroxyl groups is 1. The molecule has 0 aliphatic carbocycles. The average Bonchev–Trinajstić information content (AvgIpc) is 2.58. The zero-order valence-electron chi connectivity index (χ0n) is 9.67. The summed E-state index contributed by atoms with van der Waals surface area (Å²) in [6.07, 6.45) is 0.701. The van der Waals surface area contributed by atoms with Gasteiger partial charge in [-0.1, -0.05) is 11.6 Å². The van der Waals surface area contributed by atoms with Crippen molar-refractivity contribution in [1.29, 1.82) is 0 Å². The number of aliphatic hydroxyl groups excluding tert-OH is 1. The topological polar surface area (TPSA) is 64.1 Å². The van der Waals surface area contributed by atoms with Crippen molar-refractivity contribution < 1.29 is 5.11 Å². The molecular formula is C11H16Cl3N3O. The highest BCUT2D eigenvalue weighted by Gasteiger charge is 2.09. The van der Waals surface area contributed by atoms with E-state index in [0.717, 1.165) is 16.9 Å². The number of nitrogens with zero attached hydrogens (tertiary/aromatic N) is 2. The third-order valence-corrected chi connectivity index (χ3v) is 2.72. The van der Waals surface area contributed by atoms with Crippen molar-refractivity contribution in [2.45, 2.75) is 13.0 Å². The van der Waals surface area contributed by atoms with E-state index < -0.39 is 0 Å². The molecular weight excluding hydrogens is 297 g/mol. The standard InChI is InChI=1S/C11H14ClN3O.2ClH/c12-8-1-2-9-10(7-8)15(5-6-16)11(14-9)3-4-13;;/h1-2,7,16H,3-6,13H2;2*1H. The molecule has 0 aliphatic rings. The van der Waals surface area contributed by atoms with Crippen LogP contribution in [0.4, 0.5) is 0 Å². The lowest BCUT2D eigenvalue weighted by Crippen LogP contribution is -2.11. The molecule has 0 spiro atoms. The van der Waals surface area contributed by atoms with E-state index in [4.69, 9.17) is 22.4 Å². The van der Waals surface area contributed by atoms with Crippen molar-refractivity contribution in [3.05, 3.63) is 29.0 Å². The summed E-state index contributed by atoms with van der Waals surface area (Å²) in [7, 11) is 0. The monoisotopic (exact) mass is 311 g/mol. The predicted octanol–water partition coefficient (Wildman–Crippen LogP) is 2.03. The van der Waals surface area contributed by atoms with Crippen molar-refractivity contribution in [2.75, 3.05) is 13.2 Å². The molecule has 2 aromatic rings. The van der Waals surface area contributed by atoms with Gasteiger partial charge in [0.05, 0.1) is 17.6 Å².